The molecule has 0 spiro atoms. The molecule has 0 aliphatic carbocycles. The van der Waals surface area contributed by atoms with Gasteiger partial charge in [-0.3, -0.25) is 14.5 Å². The van der Waals surface area contributed by atoms with Crippen LogP contribution in [0.2, 0.25) is 0 Å². The van der Waals surface area contributed by atoms with E-state index >= 15 is 0 Å². The molecular formula is C27H25N3O3. The van der Waals surface area contributed by atoms with Crippen LogP contribution in [0, 0.1) is 18.8 Å². The van der Waals surface area contributed by atoms with Gasteiger partial charge in [-0.05, 0) is 54.8 Å². The summed E-state index contributed by atoms with van der Waals surface area (Å²) in [6.45, 7) is 4.76. The molecule has 4 rings (SSSR count). The maximum atomic E-state index is 11.1. The van der Waals surface area contributed by atoms with Gasteiger partial charge in [0.1, 0.15) is 12.4 Å². The third kappa shape index (κ3) is 5.58. The Balaban J connectivity index is 1.45. The molecule has 6 nitrogen and oxygen atoms in total. The fourth-order valence-electron chi connectivity index (χ4n) is 3.66. The van der Waals surface area contributed by atoms with Crippen LogP contribution in [0.3, 0.4) is 0 Å². The number of carboxylic acid groups (broad SMARTS) is 1. The molecule has 0 saturated carbocycles. The second kappa shape index (κ2) is 10.0. The van der Waals surface area contributed by atoms with E-state index in [0.717, 1.165) is 39.0 Å². The molecule has 2 heterocycles. The number of nitrogens with zero attached hydrogens (tertiary/aromatic N) is 3. The Morgan fingerprint density at radius 1 is 1.09 bits per heavy atom. The van der Waals surface area contributed by atoms with Gasteiger partial charge in [-0.25, -0.2) is 0 Å². The normalized spacial score (nSPS) is 11.6. The Hall–Kier alpha value is -4.11. The second-order valence-corrected chi connectivity index (χ2v) is 7.91. The summed E-state index contributed by atoms with van der Waals surface area (Å²) in [5.74, 6) is 5.30. The Morgan fingerprint density at radius 3 is 2.58 bits per heavy atom. The molecule has 1 N–H and O–H groups in total. The quantitative estimate of drug-likeness (QED) is 0.393. The van der Waals surface area contributed by atoms with Gasteiger partial charge in [0.25, 0.3) is 0 Å². The minimum atomic E-state index is -0.864. The van der Waals surface area contributed by atoms with E-state index in [-0.39, 0.29) is 12.3 Å². The first kappa shape index (κ1) is 22.1. The summed E-state index contributed by atoms with van der Waals surface area (Å²) in [6.07, 6.45) is 3.73. The number of rotatable bonds is 8. The Bertz CT molecular complexity index is 1310. The zero-order valence-electron chi connectivity index (χ0n) is 18.7. The van der Waals surface area contributed by atoms with Crippen molar-refractivity contribution in [2.24, 2.45) is 0 Å². The molecule has 0 amide bonds. The number of carboxylic acids is 1. The smallest absolute Gasteiger partial charge is 0.304 e. The Morgan fingerprint density at radius 2 is 1.88 bits per heavy atom. The number of carbonyl (C=O) groups is 1. The second-order valence-electron chi connectivity index (χ2n) is 7.91. The number of fused-ring (bicyclic) bond motifs is 1. The number of hydrogen-bond acceptors (Lipinski definition) is 4. The van der Waals surface area contributed by atoms with Crippen molar-refractivity contribution < 1.29 is 14.6 Å². The zero-order valence-corrected chi connectivity index (χ0v) is 18.7. The van der Waals surface area contributed by atoms with E-state index in [9.17, 15) is 4.79 Å². The topological polar surface area (TPSA) is 77.2 Å². The van der Waals surface area contributed by atoms with Crippen LogP contribution in [0.25, 0.3) is 10.9 Å². The molecule has 0 saturated heterocycles. The molecule has 0 aliphatic heterocycles. The fraction of sp³-hybridized carbons (Fsp3) is 0.222. The zero-order chi connectivity index (χ0) is 23.2. The molecular weight excluding hydrogens is 414 g/mol. The summed E-state index contributed by atoms with van der Waals surface area (Å²) in [5.41, 5.74) is 5.04. The van der Waals surface area contributed by atoms with Crippen molar-refractivity contribution in [1.82, 2.24) is 14.8 Å². The molecule has 0 fully saturated rings. The molecule has 2 aromatic heterocycles. The molecule has 2 aromatic carbocycles. The van der Waals surface area contributed by atoms with E-state index in [1.807, 2.05) is 66.5 Å². The molecule has 6 heteroatoms. The first-order chi connectivity index (χ1) is 16.0. The van der Waals surface area contributed by atoms with Crippen molar-refractivity contribution in [3.63, 3.8) is 0 Å². The predicted octanol–water partition coefficient (Wildman–Crippen LogP) is 4.95. The van der Waals surface area contributed by atoms with Crippen LogP contribution in [-0.4, -0.2) is 25.8 Å². The van der Waals surface area contributed by atoms with E-state index in [4.69, 9.17) is 9.84 Å². The standard InChI is InChI=1S/C27H25N3O3/c1-3-4-23(14-27(31)32)22-9-11-25(12-10-22)33-18-20-7-8-24-16-29-30(26(24)13-20)17-21-6-5-19(2)28-15-21/h5-13,15-16,23H,14,17-18H2,1-2H3,(H,31,32)/t23-/m0/s1. The number of hydrogen-bond donors (Lipinski definition) is 1. The predicted molar refractivity (Wildman–Crippen MR) is 127 cm³/mol. The lowest BCUT2D eigenvalue weighted by Gasteiger charge is -2.11. The largest absolute Gasteiger partial charge is 0.489 e. The molecule has 0 aliphatic rings. The SMILES string of the molecule is CC#C[C@@H](CC(=O)O)c1ccc(OCc2ccc3cnn(Cc4ccc(C)nc4)c3c2)cc1. The minimum absolute atomic E-state index is 0.0204. The molecule has 4 aromatic rings. The molecule has 33 heavy (non-hydrogen) atoms. The Labute approximate surface area is 192 Å². The number of aliphatic carboxylic acids is 1. The molecule has 0 unspecified atom stereocenters. The first-order valence-electron chi connectivity index (χ1n) is 10.7. The van der Waals surface area contributed by atoms with Gasteiger partial charge in [-0.1, -0.05) is 36.3 Å². The number of pyridine rings is 1. The van der Waals surface area contributed by atoms with Crippen molar-refractivity contribution >= 4 is 16.9 Å². The molecule has 0 bridgehead atoms. The summed E-state index contributed by atoms with van der Waals surface area (Å²) in [7, 11) is 0. The van der Waals surface area contributed by atoms with Crippen LogP contribution in [0.1, 0.15) is 41.6 Å². The van der Waals surface area contributed by atoms with Crippen LogP contribution < -0.4 is 4.74 Å². The van der Waals surface area contributed by atoms with Crippen LogP contribution in [-0.2, 0) is 17.9 Å². The third-order valence-corrected chi connectivity index (χ3v) is 5.40. The lowest BCUT2D eigenvalue weighted by atomic mass is 9.96. The summed E-state index contributed by atoms with van der Waals surface area (Å²) >= 11 is 0. The summed E-state index contributed by atoms with van der Waals surface area (Å²) < 4.78 is 7.94. The van der Waals surface area contributed by atoms with Crippen LogP contribution >= 0.6 is 0 Å². The summed E-state index contributed by atoms with van der Waals surface area (Å²) in [6, 6.07) is 17.7. The van der Waals surface area contributed by atoms with Gasteiger partial charge in [0, 0.05) is 17.3 Å². The number of benzene rings is 2. The maximum Gasteiger partial charge on any atom is 0.304 e. The highest BCUT2D eigenvalue weighted by molar-refractivity contribution is 5.79. The third-order valence-electron chi connectivity index (χ3n) is 5.40. The lowest BCUT2D eigenvalue weighted by Crippen LogP contribution is -2.04. The average molecular weight is 440 g/mol. The highest BCUT2D eigenvalue weighted by Gasteiger charge is 2.13. The summed E-state index contributed by atoms with van der Waals surface area (Å²) in [5, 5.41) is 14.7. The van der Waals surface area contributed by atoms with Crippen molar-refractivity contribution in [1.29, 1.82) is 0 Å². The van der Waals surface area contributed by atoms with Gasteiger partial charge < -0.3 is 9.84 Å². The fourth-order valence-corrected chi connectivity index (χ4v) is 3.66. The average Bonchev–Trinajstić information content (AvgIpc) is 3.21. The van der Waals surface area contributed by atoms with Gasteiger partial charge in [0.05, 0.1) is 30.6 Å². The van der Waals surface area contributed by atoms with E-state index < -0.39 is 5.97 Å². The van der Waals surface area contributed by atoms with Crippen molar-refractivity contribution in [2.45, 2.75) is 39.3 Å². The highest BCUT2D eigenvalue weighted by Crippen LogP contribution is 2.23. The van der Waals surface area contributed by atoms with Crippen molar-refractivity contribution in [3.8, 4) is 17.6 Å². The Kier molecular flexibility index (Phi) is 6.70. The van der Waals surface area contributed by atoms with Gasteiger partial charge >= 0.3 is 5.97 Å². The van der Waals surface area contributed by atoms with Gasteiger partial charge in [0.2, 0.25) is 0 Å². The maximum absolute atomic E-state index is 11.1. The van der Waals surface area contributed by atoms with Crippen LogP contribution in [0.5, 0.6) is 5.75 Å². The van der Waals surface area contributed by atoms with E-state index in [0.29, 0.717) is 13.2 Å². The first-order valence-corrected chi connectivity index (χ1v) is 10.7. The van der Waals surface area contributed by atoms with Gasteiger partial charge in [-0.15, -0.1) is 5.92 Å². The summed E-state index contributed by atoms with van der Waals surface area (Å²) in [4.78, 5) is 15.5. The van der Waals surface area contributed by atoms with Gasteiger partial charge in [0.15, 0.2) is 0 Å². The monoisotopic (exact) mass is 439 g/mol. The highest BCUT2D eigenvalue weighted by atomic mass is 16.5. The van der Waals surface area contributed by atoms with E-state index in [1.54, 1.807) is 6.92 Å². The minimum Gasteiger partial charge on any atom is -0.489 e. The lowest BCUT2D eigenvalue weighted by molar-refractivity contribution is -0.137. The number of aromatic nitrogens is 3. The van der Waals surface area contributed by atoms with Crippen LogP contribution in [0.15, 0.2) is 67.0 Å². The van der Waals surface area contributed by atoms with E-state index in [1.165, 1.54) is 0 Å². The van der Waals surface area contributed by atoms with Gasteiger partial charge in [-0.2, -0.15) is 5.10 Å². The number of aryl methyl sites for hydroxylation is 1. The van der Waals surface area contributed by atoms with Crippen molar-refractivity contribution in [2.75, 3.05) is 0 Å². The van der Waals surface area contributed by atoms with E-state index in [2.05, 4.69) is 34.1 Å². The molecule has 1 atom stereocenters. The van der Waals surface area contributed by atoms with Crippen LogP contribution in [0.4, 0.5) is 0 Å². The molecule has 166 valence electrons. The van der Waals surface area contributed by atoms with Crippen molar-refractivity contribution in [3.05, 3.63) is 89.4 Å². The number of ether oxygens (including phenoxy) is 1. The molecule has 0 radical (unpaired) electrons.